The Balaban J connectivity index is 1.56. The summed E-state index contributed by atoms with van der Waals surface area (Å²) in [6, 6.07) is 15.0. The van der Waals surface area contributed by atoms with E-state index >= 15 is 0 Å². The third kappa shape index (κ3) is 5.39. The molecule has 5 nitrogen and oxygen atoms in total. The van der Waals surface area contributed by atoms with E-state index in [1.54, 1.807) is 6.07 Å². The van der Waals surface area contributed by atoms with Crippen LogP contribution in [0.25, 0.3) is 0 Å². The highest BCUT2D eigenvalue weighted by Crippen LogP contribution is 2.34. The maximum absolute atomic E-state index is 12.9. The molecule has 2 aromatic rings. The third-order valence-electron chi connectivity index (χ3n) is 5.15. The lowest BCUT2D eigenvalue weighted by atomic mass is 9.85. The Morgan fingerprint density at radius 3 is 2.41 bits per heavy atom. The van der Waals surface area contributed by atoms with Crippen LogP contribution < -0.4 is 10.6 Å². The normalized spacial score (nSPS) is 14.4. The molecular formula is C23H25ClN2O3. The lowest BCUT2D eigenvalue weighted by Crippen LogP contribution is -2.43. The molecule has 1 aliphatic carbocycles. The molecule has 2 aromatic carbocycles. The number of amides is 2. The molecule has 0 aliphatic heterocycles. The molecule has 2 amide bonds. The molecular weight excluding hydrogens is 388 g/mol. The third-order valence-corrected chi connectivity index (χ3v) is 5.52. The van der Waals surface area contributed by atoms with Crippen molar-refractivity contribution in [3.8, 4) is 0 Å². The summed E-state index contributed by atoms with van der Waals surface area (Å²) < 4.78 is 5.41. The number of anilines is 1. The fourth-order valence-electron chi connectivity index (χ4n) is 3.26. The summed E-state index contributed by atoms with van der Waals surface area (Å²) in [5.41, 5.74) is 1.91. The number of nitrogens with one attached hydrogen (secondary N) is 2. The number of carbonyl (C=O) groups excluding carboxylic acids is 2. The summed E-state index contributed by atoms with van der Waals surface area (Å²) in [4.78, 5) is 25.1. The molecule has 0 unspecified atom stereocenters. The average Bonchev–Trinajstić information content (AvgIpc) is 3.22. The first kappa shape index (κ1) is 20.9. The van der Waals surface area contributed by atoms with E-state index in [9.17, 15) is 9.59 Å². The van der Waals surface area contributed by atoms with Crippen LogP contribution >= 0.6 is 11.6 Å². The first-order chi connectivity index (χ1) is 14.0. The number of allylic oxidation sites excluding steroid dienone is 2. The van der Waals surface area contributed by atoms with E-state index in [-0.39, 0.29) is 12.5 Å². The Labute approximate surface area is 176 Å². The second kappa shape index (κ2) is 9.61. The van der Waals surface area contributed by atoms with Gasteiger partial charge in [0.1, 0.15) is 6.61 Å². The Bertz CT molecular complexity index is 885. The summed E-state index contributed by atoms with van der Waals surface area (Å²) in [6.07, 6.45) is 5.31. The zero-order chi connectivity index (χ0) is 20.7. The number of benzene rings is 2. The molecule has 152 valence electrons. The minimum absolute atomic E-state index is 0.00717. The van der Waals surface area contributed by atoms with Crippen LogP contribution in [0.2, 0.25) is 5.02 Å². The highest BCUT2D eigenvalue weighted by atomic mass is 35.5. The van der Waals surface area contributed by atoms with Crippen molar-refractivity contribution in [3.63, 3.8) is 0 Å². The van der Waals surface area contributed by atoms with Crippen molar-refractivity contribution < 1.29 is 14.3 Å². The van der Waals surface area contributed by atoms with Crippen LogP contribution in [0.1, 0.15) is 30.9 Å². The summed E-state index contributed by atoms with van der Waals surface area (Å²) >= 11 is 6.16. The summed E-state index contributed by atoms with van der Waals surface area (Å²) in [6.45, 7) is 2.41. The van der Waals surface area contributed by atoms with E-state index in [4.69, 9.17) is 16.3 Å². The van der Waals surface area contributed by atoms with E-state index in [1.807, 2.05) is 54.6 Å². The number of rotatable bonds is 7. The van der Waals surface area contributed by atoms with Crippen LogP contribution in [0.5, 0.6) is 0 Å². The standard InChI is InChI=1S/C23H25ClN2O3/c1-2-17-9-11-19(12-10-17)26-22(28)29-16-23(13-5-6-14-23)21(27)25-15-18-7-3-4-8-20(18)24/h3-12H,2,13-16H2,1H3,(H,25,27)(H,26,28). The minimum atomic E-state index is -0.787. The van der Waals surface area contributed by atoms with Crippen LogP contribution in [0.15, 0.2) is 60.7 Å². The van der Waals surface area contributed by atoms with E-state index in [1.165, 1.54) is 5.56 Å². The van der Waals surface area contributed by atoms with Gasteiger partial charge < -0.3 is 10.1 Å². The molecule has 2 N–H and O–H groups in total. The van der Waals surface area contributed by atoms with Gasteiger partial charge in [-0.3, -0.25) is 10.1 Å². The molecule has 29 heavy (non-hydrogen) atoms. The van der Waals surface area contributed by atoms with Crippen LogP contribution in [0.3, 0.4) is 0 Å². The molecule has 0 atom stereocenters. The molecule has 0 heterocycles. The average molecular weight is 413 g/mol. The van der Waals surface area contributed by atoms with Gasteiger partial charge in [-0.25, -0.2) is 4.79 Å². The Kier molecular flexibility index (Phi) is 6.94. The second-order valence-electron chi connectivity index (χ2n) is 7.19. The minimum Gasteiger partial charge on any atom is -0.448 e. The van der Waals surface area contributed by atoms with Crippen molar-refractivity contribution in [2.24, 2.45) is 5.41 Å². The van der Waals surface area contributed by atoms with Gasteiger partial charge in [-0.1, -0.05) is 61.0 Å². The van der Waals surface area contributed by atoms with E-state index in [2.05, 4.69) is 17.6 Å². The predicted molar refractivity (Wildman–Crippen MR) is 115 cm³/mol. The molecule has 0 bridgehead atoms. The van der Waals surface area contributed by atoms with Gasteiger partial charge in [0, 0.05) is 17.3 Å². The van der Waals surface area contributed by atoms with Crippen molar-refractivity contribution in [2.45, 2.75) is 32.7 Å². The maximum Gasteiger partial charge on any atom is 0.411 e. The predicted octanol–water partition coefficient (Wildman–Crippen LogP) is 5.10. The van der Waals surface area contributed by atoms with Gasteiger partial charge in [0.25, 0.3) is 0 Å². The van der Waals surface area contributed by atoms with Crippen LogP contribution in [0, 0.1) is 5.41 Å². The smallest absolute Gasteiger partial charge is 0.411 e. The quantitative estimate of drug-likeness (QED) is 0.621. The highest BCUT2D eigenvalue weighted by molar-refractivity contribution is 6.31. The molecule has 0 spiro atoms. The molecule has 1 aliphatic rings. The molecule has 0 saturated heterocycles. The van der Waals surface area contributed by atoms with Gasteiger partial charge in [-0.05, 0) is 48.6 Å². The van der Waals surface area contributed by atoms with Crippen molar-refractivity contribution in [2.75, 3.05) is 11.9 Å². The summed E-state index contributed by atoms with van der Waals surface area (Å²) in [5, 5.41) is 6.25. The number of hydrogen-bond donors (Lipinski definition) is 2. The van der Waals surface area contributed by atoms with Gasteiger partial charge in [-0.15, -0.1) is 0 Å². The molecule has 0 saturated carbocycles. The van der Waals surface area contributed by atoms with Crippen LogP contribution in [0.4, 0.5) is 10.5 Å². The zero-order valence-electron chi connectivity index (χ0n) is 16.4. The highest BCUT2D eigenvalue weighted by Gasteiger charge is 2.40. The van der Waals surface area contributed by atoms with E-state index < -0.39 is 11.5 Å². The van der Waals surface area contributed by atoms with Crippen molar-refractivity contribution in [1.82, 2.24) is 5.32 Å². The molecule has 0 aromatic heterocycles. The fourth-order valence-corrected chi connectivity index (χ4v) is 3.46. The largest absolute Gasteiger partial charge is 0.448 e. The number of aryl methyl sites for hydroxylation is 1. The monoisotopic (exact) mass is 412 g/mol. The Hall–Kier alpha value is -2.79. The first-order valence-electron chi connectivity index (χ1n) is 9.72. The van der Waals surface area contributed by atoms with Gasteiger partial charge >= 0.3 is 6.09 Å². The van der Waals surface area contributed by atoms with Crippen LogP contribution in [-0.2, 0) is 22.5 Å². The molecule has 3 rings (SSSR count). The molecule has 6 heteroatoms. The number of carbonyl (C=O) groups is 2. The van der Waals surface area contributed by atoms with Gasteiger partial charge in [0.05, 0.1) is 5.41 Å². The lowest BCUT2D eigenvalue weighted by molar-refractivity contribution is -0.132. The van der Waals surface area contributed by atoms with Crippen LogP contribution in [-0.4, -0.2) is 18.6 Å². The molecule has 0 fully saturated rings. The topological polar surface area (TPSA) is 67.4 Å². The zero-order valence-corrected chi connectivity index (χ0v) is 17.2. The Morgan fingerprint density at radius 2 is 1.76 bits per heavy atom. The molecule has 0 radical (unpaired) electrons. The SMILES string of the molecule is CCc1ccc(NC(=O)OCC2(C(=O)NCc3ccccc3Cl)CC=CC2)cc1. The van der Waals surface area contributed by atoms with E-state index in [0.717, 1.165) is 12.0 Å². The van der Waals surface area contributed by atoms with Crippen molar-refractivity contribution >= 4 is 29.3 Å². The van der Waals surface area contributed by atoms with Gasteiger partial charge in [-0.2, -0.15) is 0 Å². The summed E-state index contributed by atoms with van der Waals surface area (Å²) in [5.74, 6) is -0.150. The summed E-state index contributed by atoms with van der Waals surface area (Å²) in [7, 11) is 0. The van der Waals surface area contributed by atoms with Gasteiger partial charge in [0.15, 0.2) is 0 Å². The lowest BCUT2D eigenvalue weighted by Gasteiger charge is -2.27. The Morgan fingerprint density at radius 1 is 1.07 bits per heavy atom. The number of hydrogen-bond acceptors (Lipinski definition) is 3. The van der Waals surface area contributed by atoms with E-state index in [0.29, 0.717) is 30.1 Å². The van der Waals surface area contributed by atoms with Gasteiger partial charge in [0.2, 0.25) is 5.91 Å². The maximum atomic E-state index is 12.9. The fraction of sp³-hybridized carbons (Fsp3) is 0.304. The van der Waals surface area contributed by atoms with Crippen molar-refractivity contribution in [3.05, 3.63) is 76.8 Å². The second-order valence-corrected chi connectivity index (χ2v) is 7.59. The number of ether oxygens (including phenoxy) is 1. The first-order valence-corrected chi connectivity index (χ1v) is 10.1. The number of halogens is 1. The van der Waals surface area contributed by atoms with Crippen molar-refractivity contribution in [1.29, 1.82) is 0 Å².